The van der Waals surface area contributed by atoms with Gasteiger partial charge in [-0.2, -0.15) is 26.3 Å². The lowest BCUT2D eigenvalue weighted by Gasteiger charge is -2.38. The summed E-state index contributed by atoms with van der Waals surface area (Å²) in [5, 5.41) is 3.23. The van der Waals surface area contributed by atoms with E-state index in [0.717, 1.165) is 32.4 Å². The molecule has 1 aliphatic carbocycles. The molecule has 210 valence electrons. The second-order valence-electron chi connectivity index (χ2n) is 10.7. The molecule has 1 saturated heterocycles. The van der Waals surface area contributed by atoms with Gasteiger partial charge in [0.2, 0.25) is 5.91 Å². The molecule has 38 heavy (non-hydrogen) atoms. The first kappa shape index (κ1) is 28.7. The van der Waals surface area contributed by atoms with Gasteiger partial charge in [-0.15, -0.1) is 11.3 Å². The molecule has 5 nitrogen and oxygen atoms in total. The number of likely N-dealkylation sites (tertiary alicyclic amines) is 1. The van der Waals surface area contributed by atoms with Crippen LogP contribution in [0.1, 0.15) is 73.4 Å². The number of aromatic nitrogens is 1. The van der Waals surface area contributed by atoms with Gasteiger partial charge in [-0.1, -0.05) is 13.8 Å². The zero-order valence-corrected chi connectivity index (χ0v) is 22.1. The summed E-state index contributed by atoms with van der Waals surface area (Å²) in [4.78, 5) is 21.2. The van der Waals surface area contributed by atoms with Crippen molar-refractivity contribution in [1.82, 2.24) is 15.2 Å². The molecule has 0 bridgehead atoms. The number of thiazole rings is 1. The van der Waals surface area contributed by atoms with Gasteiger partial charge in [0.15, 0.2) is 5.13 Å². The third kappa shape index (κ3) is 6.11. The van der Waals surface area contributed by atoms with Gasteiger partial charge in [0.25, 0.3) is 0 Å². The summed E-state index contributed by atoms with van der Waals surface area (Å²) >= 11 is 1.51. The fraction of sp³-hybridized carbons (Fsp3) is 0.615. The van der Waals surface area contributed by atoms with Crippen molar-refractivity contribution in [3.63, 3.8) is 0 Å². The standard InChI is InChI=1S/C26H32F6N4OS/c1-15(2)24(6-3-20(12-24)36-7-4-17(5-8-36)21-14-35-23(33)38-21)22(37)34-13-16-9-18(25(27,28)29)11-19(10-16)26(30,31)32/h9-11,14-15,17,20H,3-8,12-13H2,1-2H3,(H2,33,35)(H,34,37)/t20-,24+/m1/s1. The number of alkyl halides is 6. The number of nitrogen functional groups attached to an aromatic ring is 1. The predicted molar refractivity (Wildman–Crippen MR) is 133 cm³/mol. The van der Waals surface area contributed by atoms with Crippen LogP contribution in [-0.2, 0) is 23.7 Å². The van der Waals surface area contributed by atoms with Crippen LogP contribution in [0, 0.1) is 11.3 Å². The zero-order chi connectivity index (χ0) is 27.9. The molecule has 1 aromatic carbocycles. The van der Waals surface area contributed by atoms with E-state index in [9.17, 15) is 31.1 Å². The lowest BCUT2D eigenvalue weighted by atomic mass is 9.74. The molecule has 0 radical (unpaired) electrons. The van der Waals surface area contributed by atoms with E-state index in [4.69, 9.17) is 5.73 Å². The second-order valence-corrected chi connectivity index (χ2v) is 11.8. The van der Waals surface area contributed by atoms with Gasteiger partial charge in [-0.05, 0) is 80.8 Å². The van der Waals surface area contributed by atoms with Crippen LogP contribution in [0.3, 0.4) is 0 Å². The number of halogens is 6. The van der Waals surface area contributed by atoms with Gasteiger partial charge in [0.05, 0.1) is 16.5 Å². The van der Waals surface area contributed by atoms with E-state index in [2.05, 4.69) is 15.2 Å². The number of amides is 1. The van der Waals surface area contributed by atoms with E-state index in [1.54, 1.807) is 0 Å². The number of carbonyl (C=O) groups excluding carboxylic acids is 1. The number of anilines is 1. The Hall–Kier alpha value is -2.34. The third-order valence-corrected chi connectivity index (χ3v) is 9.16. The maximum Gasteiger partial charge on any atom is 0.416 e. The van der Waals surface area contributed by atoms with E-state index >= 15 is 0 Å². The molecule has 3 N–H and O–H groups in total. The summed E-state index contributed by atoms with van der Waals surface area (Å²) < 4.78 is 79.3. The van der Waals surface area contributed by atoms with Crippen LogP contribution < -0.4 is 11.1 Å². The SMILES string of the molecule is CC(C)[C@]1(C(=O)NCc2cc(C(F)(F)F)cc(C(F)(F)F)c2)CC[C@@H](N2CCC(c3cnc(N)s3)CC2)C1. The predicted octanol–water partition coefficient (Wildman–Crippen LogP) is 6.45. The molecule has 2 heterocycles. The molecule has 1 aliphatic heterocycles. The Bertz CT molecular complexity index is 1110. The van der Waals surface area contributed by atoms with Gasteiger partial charge >= 0.3 is 12.4 Å². The molecule has 1 saturated carbocycles. The highest BCUT2D eigenvalue weighted by Gasteiger charge is 2.49. The molecular formula is C26H32F6N4OS. The maximum atomic E-state index is 13.4. The van der Waals surface area contributed by atoms with Crippen molar-refractivity contribution in [2.45, 2.75) is 76.8 Å². The Morgan fingerprint density at radius 2 is 1.71 bits per heavy atom. The highest BCUT2D eigenvalue weighted by atomic mass is 32.1. The number of piperidine rings is 1. The van der Waals surface area contributed by atoms with Gasteiger partial charge in [-0.25, -0.2) is 4.98 Å². The van der Waals surface area contributed by atoms with Gasteiger partial charge < -0.3 is 16.0 Å². The van der Waals surface area contributed by atoms with Gasteiger partial charge in [0, 0.05) is 23.7 Å². The number of hydrogen-bond acceptors (Lipinski definition) is 5. The van der Waals surface area contributed by atoms with Crippen LogP contribution in [0.15, 0.2) is 24.4 Å². The quantitative estimate of drug-likeness (QED) is 0.397. The highest BCUT2D eigenvalue weighted by molar-refractivity contribution is 7.15. The van der Waals surface area contributed by atoms with Gasteiger partial charge in [0.1, 0.15) is 0 Å². The minimum absolute atomic E-state index is 0.0440. The zero-order valence-electron chi connectivity index (χ0n) is 21.3. The summed E-state index contributed by atoms with van der Waals surface area (Å²) in [6.07, 6.45) is -4.06. The Morgan fingerprint density at radius 3 is 2.21 bits per heavy atom. The van der Waals surface area contributed by atoms with Crippen LogP contribution in [0.5, 0.6) is 0 Å². The molecule has 2 atom stereocenters. The lowest BCUT2D eigenvalue weighted by molar-refractivity contribution is -0.143. The molecule has 2 aliphatic rings. The molecule has 2 aromatic rings. The van der Waals surface area contributed by atoms with Crippen molar-refractivity contribution in [2.75, 3.05) is 18.8 Å². The van der Waals surface area contributed by atoms with Crippen molar-refractivity contribution in [3.05, 3.63) is 46.0 Å². The topological polar surface area (TPSA) is 71.2 Å². The minimum atomic E-state index is -4.93. The van der Waals surface area contributed by atoms with Crippen molar-refractivity contribution in [1.29, 1.82) is 0 Å². The van der Waals surface area contributed by atoms with Crippen LogP contribution in [0.4, 0.5) is 31.5 Å². The molecule has 12 heteroatoms. The first-order valence-electron chi connectivity index (χ1n) is 12.7. The maximum absolute atomic E-state index is 13.4. The Balaban J connectivity index is 1.42. The number of nitrogens with zero attached hydrogens (tertiary/aromatic N) is 2. The normalized spacial score (nSPS) is 23.8. The average Bonchev–Trinajstić information content (AvgIpc) is 3.49. The van der Waals surface area contributed by atoms with Gasteiger partial charge in [-0.3, -0.25) is 4.79 Å². The average molecular weight is 563 g/mol. The second kappa shape index (κ2) is 10.7. The molecule has 0 spiro atoms. The molecular weight excluding hydrogens is 530 g/mol. The lowest BCUT2D eigenvalue weighted by Crippen LogP contribution is -2.45. The monoisotopic (exact) mass is 562 g/mol. The Kier molecular flexibility index (Phi) is 8.05. The molecule has 1 aromatic heterocycles. The smallest absolute Gasteiger partial charge is 0.375 e. The number of rotatable bonds is 6. The van der Waals surface area contributed by atoms with Crippen LogP contribution in [-0.4, -0.2) is 34.9 Å². The first-order valence-corrected chi connectivity index (χ1v) is 13.5. The summed E-state index contributed by atoms with van der Waals surface area (Å²) in [5.74, 6) is 0.0445. The van der Waals surface area contributed by atoms with E-state index < -0.39 is 35.4 Å². The number of nitrogens with two attached hydrogens (primary N) is 1. The fourth-order valence-corrected chi connectivity index (χ4v) is 6.73. The largest absolute Gasteiger partial charge is 0.416 e. The molecule has 4 rings (SSSR count). The number of nitrogens with one attached hydrogen (secondary N) is 1. The summed E-state index contributed by atoms with van der Waals surface area (Å²) in [6, 6.07) is 1.61. The first-order chi connectivity index (χ1) is 17.7. The van der Waals surface area contributed by atoms with E-state index in [1.165, 1.54) is 16.2 Å². The van der Waals surface area contributed by atoms with Crippen molar-refractivity contribution in [3.8, 4) is 0 Å². The van der Waals surface area contributed by atoms with E-state index in [-0.39, 0.29) is 29.5 Å². The summed E-state index contributed by atoms with van der Waals surface area (Å²) in [7, 11) is 0. The molecule has 2 fully saturated rings. The third-order valence-electron chi connectivity index (χ3n) is 8.17. The van der Waals surface area contributed by atoms with Crippen LogP contribution >= 0.6 is 11.3 Å². The molecule has 0 unspecified atom stereocenters. The number of carbonyl (C=O) groups is 1. The van der Waals surface area contributed by atoms with E-state index in [1.807, 2.05) is 20.0 Å². The minimum Gasteiger partial charge on any atom is -0.375 e. The van der Waals surface area contributed by atoms with Crippen molar-refractivity contribution >= 4 is 22.4 Å². The van der Waals surface area contributed by atoms with E-state index in [0.29, 0.717) is 36.0 Å². The highest BCUT2D eigenvalue weighted by Crippen LogP contribution is 2.47. The number of hydrogen-bond donors (Lipinski definition) is 2. The Morgan fingerprint density at radius 1 is 1.11 bits per heavy atom. The fourth-order valence-electron chi connectivity index (χ4n) is 5.87. The van der Waals surface area contributed by atoms with Crippen LogP contribution in [0.25, 0.3) is 0 Å². The summed E-state index contributed by atoms with van der Waals surface area (Å²) in [6.45, 7) is 5.23. The number of benzene rings is 1. The summed E-state index contributed by atoms with van der Waals surface area (Å²) in [5.41, 5.74) is 2.03. The van der Waals surface area contributed by atoms with Crippen molar-refractivity contribution < 1.29 is 31.1 Å². The Labute approximate surface area is 221 Å². The van der Waals surface area contributed by atoms with Crippen LogP contribution in [0.2, 0.25) is 0 Å². The van der Waals surface area contributed by atoms with Crippen molar-refractivity contribution in [2.24, 2.45) is 11.3 Å². The molecule has 1 amide bonds.